The summed E-state index contributed by atoms with van der Waals surface area (Å²) in [5, 5.41) is 1.13. The molecule has 1 aromatic carbocycles. The van der Waals surface area contributed by atoms with Crippen LogP contribution in [0.3, 0.4) is 0 Å². The van der Waals surface area contributed by atoms with Gasteiger partial charge in [0.1, 0.15) is 6.10 Å². The standard InChI is InChI=1S/C17H22N2O/c18-12-13-11-17(19-16-10-6-5-9-15(13)16)20-14-7-3-1-2-4-8-14/h5-6,9-11,14H,1-4,7-8,12,18H2. The second-order valence-electron chi connectivity index (χ2n) is 5.57. The Morgan fingerprint density at radius 3 is 2.60 bits per heavy atom. The Morgan fingerprint density at radius 2 is 1.85 bits per heavy atom. The molecule has 0 radical (unpaired) electrons. The second-order valence-corrected chi connectivity index (χ2v) is 5.57. The molecule has 3 rings (SSSR count). The van der Waals surface area contributed by atoms with Gasteiger partial charge < -0.3 is 10.5 Å². The van der Waals surface area contributed by atoms with Crippen molar-refractivity contribution in [2.24, 2.45) is 5.73 Å². The van der Waals surface area contributed by atoms with Crippen LogP contribution in [0, 0.1) is 0 Å². The van der Waals surface area contributed by atoms with E-state index in [9.17, 15) is 0 Å². The van der Waals surface area contributed by atoms with Gasteiger partial charge in [-0.3, -0.25) is 0 Å². The molecule has 0 aliphatic heterocycles. The Labute approximate surface area is 120 Å². The van der Waals surface area contributed by atoms with Crippen LogP contribution in [-0.4, -0.2) is 11.1 Å². The van der Waals surface area contributed by atoms with Crippen molar-refractivity contribution in [2.45, 2.75) is 51.2 Å². The largest absolute Gasteiger partial charge is 0.474 e. The van der Waals surface area contributed by atoms with Crippen LogP contribution in [0.1, 0.15) is 44.1 Å². The van der Waals surface area contributed by atoms with Gasteiger partial charge in [0.2, 0.25) is 5.88 Å². The summed E-state index contributed by atoms with van der Waals surface area (Å²) in [5.41, 5.74) is 7.94. The van der Waals surface area contributed by atoms with E-state index < -0.39 is 0 Å². The number of rotatable bonds is 3. The van der Waals surface area contributed by atoms with Gasteiger partial charge >= 0.3 is 0 Å². The van der Waals surface area contributed by atoms with E-state index in [-0.39, 0.29) is 0 Å². The first-order valence-electron chi connectivity index (χ1n) is 7.62. The molecule has 1 aliphatic rings. The molecule has 0 amide bonds. The van der Waals surface area contributed by atoms with Crippen LogP contribution in [0.2, 0.25) is 0 Å². The number of hydrogen-bond donors (Lipinski definition) is 1. The summed E-state index contributed by atoms with van der Waals surface area (Å²) in [4.78, 5) is 4.63. The Morgan fingerprint density at radius 1 is 1.10 bits per heavy atom. The predicted octanol–water partition coefficient (Wildman–Crippen LogP) is 3.80. The van der Waals surface area contributed by atoms with E-state index in [2.05, 4.69) is 11.1 Å². The molecule has 2 N–H and O–H groups in total. The first kappa shape index (κ1) is 13.4. The van der Waals surface area contributed by atoms with Crippen LogP contribution in [-0.2, 0) is 6.54 Å². The van der Waals surface area contributed by atoms with Crippen molar-refractivity contribution < 1.29 is 4.74 Å². The van der Waals surface area contributed by atoms with Crippen LogP contribution in [0.5, 0.6) is 5.88 Å². The molecular formula is C17H22N2O. The highest BCUT2D eigenvalue weighted by atomic mass is 16.5. The fourth-order valence-corrected chi connectivity index (χ4v) is 2.98. The second kappa shape index (κ2) is 6.23. The molecule has 2 aromatic rings. The average molecular weight is 270 g/mol. The SMILES string of the molecule is NCc1cc(OC2CCCCCC2)nc2ccccc12. The van der Waals surface area contributed by atoms with E-state index in [0.717, 1.165) is 35.2 Å². The Balaban J connectivity index is 1.87. The Bertz CT molecular complexity index is 574. The van der Waals surface area contributed by atoms with Crippen LogP contribution in [0.25, 0.3) is 10.9 Å². The van der Waals surface area contributed by atoms with Crippen molar-refractivity contribution >= 4 is 10.9 Å². The molecule has 1 aromatic heterocycles. The molecule has 3 heteroatoms. The van der Waals surface area contributed by atoms with Crippen LogP contribution < -0.4 is 10.5 Å². The van der Waals surface area contributed by atoms with Crippen molar-refractivity contribution in [3.8, 4) is 5.88 Å². The van der Waals surface area contributed by atoms with Gasteiger partial charge in [-0.25, -0.2) is 4.98 Å². The zero-order valence-corrected chi connectivity index (χ0v) is 11.8. The number of benzene rings is 1. The average Bonchev–Trinajstić information content (AvgIpc) is 2.75. The molecule has 0 spiro atoms. The van der Waals surface area contributed by atoms with Gasteiger partial charge in [0.15, 0.2) is 0 Å². The van der Waals surface area contributed by atoms with E-state index in [1.54, 1.807) is 0 Å². The number of pyridine rings is 1. The highest BCUT2D eigenvalue weighted by Gasteiger charge is 2.15. The van der Waals surface area contributed by atoms with E-state index in [1.165, 1.54) is 25.7 Å². The molecule has 0 atom stereocenters. The molecule has 20 heavy (non-hydrogen) atoms. The summed E-state index contributed by atoms with van der Waals surface area (Å²) in [6.45, 7) is 0.518. The van der Waals surface area contributed by atoms with Gasteiger partial charge in [-0.05, 0) is 37.3 Å². The zero-order valence-electron chi connectivity index (χ0n) is 11.8. The predicted molar refractivity (Wildman–Crippen MR) is 81.8 cm³/mol. The minimum Gasteiger partial charge on any atom is -0.474 e. The monoisotopic (exact) mass is 270 g/mol. The van der Waals surface area contributed by atoms with E-state index in [1.807, 2.05) is 24.3 Å². The molecule has 0 bridgehead atoms. The summed E-state index contributed by atoms with van der Waals surface area (Å²) in [6, 6.07) is 10.1. The maximum Gasteiger partial charge on any atom is 0.214 e. The number of fused-ring (bicyclic) bond motifs is 1. The number of nitrogens with zero attached hydrogens (tertiary/aromatic N) is 1. The van der Waals surface area contributed by atoms with Gasteiger partial charge in [-0.15, -0.1) is 0 Å². The molecule has 1 heterocycles. The number of ether oxygens (including phenoxy) is 1. The van der Waals surface area contributed by atoms with Crippen molar-refractivity contribution in [1.29, 1.82) is 0 Å². The highest BCUT2D eigenvalue weighted by molar-refractivity contribution is 5.82. The number of nitrogens with two attached hydrogens (primary N) is 1. The van der Waals surface area contributed by atoms with Gasteiger partial charge in [0.05, 0.1) is 5.52 Å². The van der Waals surface area contributed by atoms with Gasteiger partial charge in [-0.1, -0.05) is 31.0 Å². The van der Waals surface area contributed by atoms with Crippen molar-refractivity contribution in [2.75, 3.05) is 0 Å². The fraction of sp³-hybridized carbons (Fsp3) is 0.471. The Hall–Kier alpha value is -1.61. The van der Waals surface area contributed by atoms with Gasteiger partial charge in [-0.2, -0.15) is 0 Å². The normalized spacial score (nSPS) is 17.1. The quantitative estimate of drug-likeness (QED) is 0.863. The summed E-state index contributed by atoms with van der Waals surface area (Å²) in [7, 11) is 0. The molecule has 1 aliphatic carbocycles. The van der Waals surface area contributed by atoms with Crippen molar-refractivity contribution in [3.63, 3.8) is 0 Å². The third kappa shape index (κ3) is 2.93. The highest BCUT2D eigenvalue weighted by Crippen LogP contribution is 2.25. The lowest BCUT2D eigenvalue weighted by molar-refractivity contribution is 0.176. The molecule has 3 nitrogen and oxygen atoms in total. The topological polar surface area (TPSA) is 48.1 Å². The molecule has 0 saturated heterocycles. The maximum atomic E-state index is 6.12. The third-order valence-electron chi connectivity index (χ3n) is 4.09. The number of aromatic nitrogens is 1. The van der Waals surface area contributed by atoms with E-state index in [4.69, 9.17) is 10.5 Å². The minimum atomic E-state index is 0.316. The fourth-order valence-electron chi connectivity index (χ4n) is 2.98. The smallest absolute Gasteiger partial charge is 0.214 e. The maximum absolute atomic E-state index is 6.12. The zero-order chi connectivity index (χ0) is 13.8. The third-order valence-corrected chi connectivity index (χ3v) is 4.09. The van der Waals surface area contributed by atoms with Gasteiger partial charge in [0.25, 0.3) is 0 Å². The van der Waals surface area contributed by atoms with Gasteiger partial charge in [0, 0.05) is 18.0 Å². The summed E-state index contributed by atoms with van der Waals surface area (Å²) < 4.78 is 6.12. The van der Waals surface area contributed by atoms with Crippen LogP contribution in [0.15, 0.2) is 30.3 Å². The van der Waals surface area contributed by atoms with E-state index >= 15 is 0 Å². The molecule has 1 fully saturated rings. The first-order chi connectivity index (χ1) is 9.86. The van der Waals surface area contributed by atoms with Crippen molar-refractivity contribution in [1.82, 2.24) is 4.98 Å². The minimum absolute atomic E-state index is 0.316. The molecule has 1 saturated carbocycles. The lowest BCUT2D eigenvalue weighted by Crippen LogP contribution is -2.16. The summed E-state index contributed by atoms with van der Waals surface area (Å²) >= 11 is 0. The Kier molecular flexibility index (Phi) is 4.16. The number of para-hydroxylation sites is 1. The lowest BCUT2D eigenvalue weighted by atomic mass is 10.1. The van der Waals surface area contributed by atoms with Crippen molar-refractivity contribution in [3.05, 3.63) is 35.9 Å². The lowest BCUT2D eigenvalue weighted by Gasteiger charge is -2.17. The van der Waals surface area contributed by atoms with Crippen LogP contribution >= 0.6 is 0 Å². The van der Waals surface area contributed by atoms with Crippen LogP contribution in [0.4, 0.5) is 0 Å². The summed E-state index contributed by atoms with van der Waals surface area (Å²) in [6.07, 6.45) is 7.80. The first-order valence-corrected chi connectivity index (χ1v) is 7.62. The molecule has 0 unspecified atom stereocenters. The molecular weight excluding hydrogens is 248 g/mol. The number of hydrogen-bond acceptors (Lipinski definition) is 3. The molecule has 106 valence electrons. The van der Waals surface area contributed by atoms with E-state index in [0.29, 0.717) is 12.6 Å². The summed E-state index contributed by atoms with van der Waals surface area (Å²) in [5.74, 6) is 0.732.